The fraction of sp³-hybridized carbons (Fsp3) is 0.778. The predicted octanol–water partition coefficient (Wildman–Crippen LogP) is 1.41. The molecule has 0 aromatic heterocycles. The van der Waals surface area contributed by atoms with Crippen LogP contribution in [0.15, 0.2) is 0 Å². The van der Waals surface area contributed by atoms with Gasteiger partial charge in [-0.25, -0.2) is 0 Å². The zero-order valence-electron chi connectivity index (χ0n) is 7.87. The van der Waals surface area contributed by atoms with Gasteiger partial charge in [-0.15, -0.1) is 0 Å². The first-order valence-electron chi connectivity index (χ1n) is 4.13. The molecule has 0 amide bonds. The Morgan fingerprint density at radius 3 is 2.42 bits per heavy atom. The maximum Gasteiger partial charge on any atom is 0.309 e. The average Bonchev–Trinajstić information content (AvgIpc) is 2.01. The molecular weight excluding hydrogens is 156 g/mol. The highest BCUT2D eigenvalue weighted by molar-refractivity contribution is 5.75. The smallest absolute Gasteiger partial charge is 0.309 e. The van der Waals surface area contributed by atoms with Crippen molar-refractivity contribution in [3.8, 4) is 0 Å². The van der Waals surface area contributed by atoms with Crippen LogP contribution in [-0.4, -0.2) is 19.4 Å². The van der Waals surface area contributed by atoms with E-state index in [0.29, 0.717) is 12.3 Å². The van der Waals surface area contributed by atoms with Gasteiger partial charge in [0.1, 0.15) is 6.29 Å². The maximum absolute atomic E-state index is 11.1. The van der Waals surface area contributed by atoms with Crippen LogP contribution in [0.4, 0.5) is 0 Å². The lowest BCUT2D eigenvalue weighted by molar-refractivity contribution is -0.147. The standard InChI is InChI=1S/C9H16O3/c1-7(2)6-8(4-5-10)9(11)12-3/h5,7-8H,4,6H2,1-3H3/t8-/m1/s1. The van der Waals surface area contributed by atoms with Gasteiger partial charge in [-0.05, 0) is 12.3 Å². The van der Waals surface area contributed by atoms with E-state index >= 15 is 0 Å². The first-order valence-corrected chi connectivity index (χ1v) is 4.13. The van der Waals surface area contributed by atoms with Crippen LogP contribution < -0.4 is 0 Å². The summed E-state index contributed by atoms with van der Waals surface area (Å²) in [7, 11) is 1.35. The zero-order chi connectivity index (χ0) is 9.56. The molecule has 0 unspecified atom stereocenters. The van der Waals surface area contributed by atoms with Crippen LogP contribution in [0.1, 0.15) is 26.7 Å². The number of aldehydes is 1. The minimum absolute atomic E-state index is 0.257. The number of methoxy groups -OCH3 is 1. The second-order valence-electron chi connectivity index (χ2n) is 3.25. The van der Waals surface area contributed by atoms with Crippen molar-refractivity contribution >= 4 is 12.3 Å². The van der Waals surface area contributed by atoms with E-state index in [9.17, 15) is 9.59 Å². The molecule has 0 bridgehead atoms. The quantitative estimate of drug-likeness (QED) is 0.465. The molecule has 3 heteroatoms. The minimum Gasteiger partial charge on any atom is -0.469 e. The molecule has 0 N–H and O–H groups in total. The largest absolute Gasteiger partial charge is 0.469 e. The highest BCUT2D eigenvalue weighted by Gasteiger charge is 2.19. The van der Waals surface area contributed by atoms with Gasteiger partial charge >= 0.3 is 5.97 Å². The molecule has 70 valence electrons. The topological polar surface area (TPSA) is 43.4 Å². The van der Waals surface area contributed by atoms with E-state index in [0.717, 1.165) is 6.29 Å². The summed E-state index contributed by atoms with van der Waals surface area (Å²) in [5.74, 6) is -0.127. The molecule has 0 saturated carbocycles. The molecule has 0 rings (SSSR count). The van der Waals surface area contributed by atoms with Crippen LogP contribution in [0.3, 0.4) is 0 Å². The number of ether oxygens (including phenoxy) is 1. The molecule has 0 spiro atoms. The third-order valence-corrected chi connectivity index (χ3v) is 1.67. The average molecular weight is 172 g/mol. The molecule has 0 aliphatic heterocycles. The Labute approximate surface area is 73.1 Å². The SMILES string of the molecule is COC(=O)[C@H](CC=O)CC(C)C. The Kier molecular flexibility index (Phi) is 5.34. The minimum atomic E-state index is -0.282. The van der Waals surface area contributed by atoms with Gasteiger partial charge in [-0.3, -0.25) is 4.79 Å². The Bertz CT molecular complexity index is 152. The summed E-state index contributed by atoms with van der Waals surface area (Å²) in [6.07, 6.45) is 1.75. The monoisotopic (exact) mass is 172 g/mol. The van der Waals surface area contributed by atoms with Crippen molar-refractivity contribution in [2.75, 3.05) is 7.11 Å². The second kappa shape index (κ2) is 5.75. The van der Waals surface area contributed by atoms with E-state index < -0.39 is 0 Å². The van der Waals surface area contributed by atoms with E-state index in [1.807, 2.05) is 13.8 Å². The van der Waals surface area contributed by atoms with Crippen LogP contribution in [0.5, 0.6) is 0 Å². The van der Waals surface area contributed by atoms with Crippen molar-refractivity contribution in [3.05, 3.63) is 0 Å². The van der Waals surface area contributed by atoms with Crippen LogP contribution >= 0.6 is 0 Å². The van der Waals surface area contributed by atoms with Crippen LogP contribution in [0.25, 0.3) is 0 Å². The van der Waals surface area contributed by atoms with Gasteiger partial charge in [0, 0.05) is 6.42 Å². The number of carbonyl (C=O) groups excluding carboxylic acids is 2. The van der Waals surface area contributed by atoms with Crippen LogP contribution in [-0.2, 0) is 14.3 Å². The molecule has 0 radical (unpaired) electrons. The summed E-state index contributed by atoms with van der Waals surface area (Å²) in [6, 6.07) is 0. The van der Waals surface area contributed by atoms with E-state index in [-0.39, 0.29) is 18.3 Å². The van der Waals surface area contributed by atoms with Gasteiger partial charge in [-0.2, -0.15) is 0 Å². The lowest BCUT2D eigenvalue weighted by Gasteiger charge is -2.13. The number of hydrogen-bond acceptors (Lipinski definition) is 3. The molecule has 0 saturated heterocycles. The highest BCUT2D eigenvalue weighted by atomic mass is 16.5. The van der Waals surface area contributed by atoms with Gasteiger partial charge in [0.05, 0.1) is 13.0 Å². The van der Waals surface area contributed by atoms with Gasteiger partial charge in [0.15, 0.2) is 0 Å². The number of rotatable bonds is 5. The van der Waals surface area contributed by atoms with Crippen molar-refractivity contribution in [2.24, 2.45) is 11.8 Å². The van der Waals surface area contributed by atoms with E-state index in [1.54, 1.807) is 0 Å². The molecule has 3 nitrogen and oxygen atoms in total. The lowest BCUT2D eigenvalue weighted by atomic mass is 9.95. The Morgan fingerprint density at radius 2 is 2.08 bits per heavy atom. The molecule has 0 aliphatic carbocycles. The lowest BCUT2D eigenvalue weighted by Crippen LogP contribution is -2.18. The van der Waals surface area contributed by atoms with Crippen LogP contribution in [0.2, 0.25) is 0 Å². The van der Waals surface area contributed by atoms with Crippen LogP contribution in [0, 0.1) is 11.8 Å². The van der Waals surface area contributed by atoms with Gasteiger partial charge < -0.3 is 9.53 Å². The Balaban J connectivity index is 4.02. The Hall–Kier alpha value is -0.860. The molecule has 0 heterocycles. The van der Waals surface area contributed by atoms with Crippen molar-refractivity contribution < 1.29 is 14.3 Å². The highest BCUT2D eigenvalue weighted by Crippen LogP contribution is 2.15. The second-order valence-corrected chi connectivity index (χ2v) is 3.25. The molecule has 1 atom stereocenters. The Morgan fingerprint density at radius 1 is 1.50 bits per heavy atom. The first kappa shape index (κ1) is 11.1. The summed E-state index contributed by atoms with van der Waals surface area (Å²) in [5.41, 5.74) is 0. The normalized spacial score (nSPS) is 12.7. The van der Waals surface area contributed by atoms with Crippen molar-refractivity contribution in [3.63, 3.8) is 0 Å². The van der Waals surface area contributed by atoms with E-state index in [1.165, 1.54) is 7.11 Å². The molecule has 0 aliphatic rings. The molecule has 0 fully saturated rings. The maximum atomic E-state index is 11.1. The van der Waals surface area contributed by atoms with Crippen molar-refractivity contribution in [1.82, 2.24) is 0 Å². The number of esters is 1. The summed E-state index contributed by atoms with van der Waals surface area (Å²) in [4.78, 5) is 21.3. The van der Waals surface area contributed by atoms with Gasteiger partial charge in [0.2, 0.25) is 0 Å². The number of hydrogen-bond donors (Lipinski definition) is 0. The summed E-state index contributed by atoms with van der Waals surface area (Å²) >= 11 is 0. The summed E-state index contributed by atoms with van der Waals surface area (Å²) in [5, 5.41) is 0. The third-order valence-electron chi connectivity index (χ3n) is 1.67. The molecule has 0 aromatic carbocycles. The van der Waals surface area contributed by atoms with Gasteiger partial charge in [-0.1, -0.05) is 13.8 Å². The molecule has 12 heavy (non-hydrogen) atoms. The van der Waals surface area contributed by atoms with Gasteiger partial charge in [0.25, 0.3) is 0 Å². The van der Waals surface area contributed by atoms with E-state index in [2.05, 4.69) is 4.74 Å². The molecular formula is C9H16O3. The fourth-order valence-electron chi connectivity index (χ4n) is 1.14. The molecule has 0 aromatic rings. The fourth-order valence-corrected chi connectivity index (χ4v) is 1.14. The first-order chi connectivity index (χ1) is 5.61. The van der Waals surface area contributed by atoms with Crippen molar-refractivity contribution in [1.29, 1.82) is 0 Å². The van der Waals surface area contributed by atoms with Crippen molar-refractivity contribution in [2.45, 2.75) is 26.7 Å². The predicted molar refractivity (Wildman–Crippen MR) is 45.6 cm³/mol. The van der Waals surface area contributed by atoms with E-state index in [4.69, 9.17) is 0 Å². The number of carbonyl (C=O) groups is 2. The summed E-state index contributed by atoms with van der Waals surface area (Å²) < 4.78 is 4.57. The zero-order valence-corrected chi connectivity index (χ0v) is 7.87. The summed E-state index contributed by atoms with van der Waals surface area (Å²) in [6.45, 7) is 4.03. The third kappa shape index (κ3) is 4.11.